The first-order valence-corrected chi connectivity index (χ1v) is 4.93. The van der Waals surface area contributed by atoms with Crippen molar-refractivity contribution < 1.29 is 25.1 Å². The zero-order chi connectivity index (χ0) is 13.6. The van der Waals surface area contributed by atoms with Gasteiger partial charge in [0.1, 0.15) is 0 Å². The molecule has 0 heterocycles. The average molecular weight is 235 g/mol. The predicted octanol–water partition coefficient (Wildman–Crippen LogP) is -1.34. The first kappa shape index (κ1) is 17.8. The van der Waals surface area contributed by atoms with E-state index in [1.807, 2.05) is 0 Å². The van der Waals surface area contributed by atoms with E-state index in [-0.39, 0.29) is 12.4 Å². The van der Waals surface area contributed by atoms with E-state index in [0.717, 1.165) is 0 Å². The maximum Gasteiger partial charge on any atom is 0.472 e. The topological polar surface area (TPSA) is 110 Å². The van der Waals surface area contributed by atoms with Crippen molar-refractivity contribution in [1.29, 1.82) is 0 Å². The minimum atomic E-state index is -1.45. The number of amides is 1. The van der Waals surface area contributed by atoms with Crippen molar-refractivity contribution in [2.24, 2.45) is 0 Å². The smallest absolute Gasteiger partial charge is 0.426 e. The lowest BCUT2D eigenvalue weighted by Gasteiger charge is -2.31. The predicted molar refractivity (Wildman–Crippen MR) is 61.5 cm³/mol. The van der Waals surface area contributed by atoms with E-state index in [1.54, 1.807) is 27.7 Å². The molecule has 0 aromatic carbocycles. The molecule has 0 atom stereocenters. The number of carbonyl (C=O) groups excluding carboxylic acids is 1. The number of aliphatic hydroxyl groups is 2. The molecule has 1 amide bonds. The van der Waals surface area contributed by atoms with Crippen LogP contribution in [0.5, 0.6) is 0 Å². The molecule has 0 unspecified atom stereocenters. The van der Waals surface area contributed by atoms with Crippen molar-refractivity contribution in [3.8, 4) is 0 Å². The van der Waals surface area contributed by atoms with Crippen molar-refractivity contribution in [3.05, 3.63) is 0 Å². The van der Waals surface area contributed by atoms with Gasteiger partial charge in [0.05, 0.1) is 17.6 Å². The van der Waals surface area contributed by atoms with E-state index in [2.05, 4.69) is 5.32 Å². The Kier molecular flexibility index (Phi) is 7.60. The highest BCUT2D eigenvalue weighted by Gasteiger charge is 2.31. The zero-order valence-electron chi connectivity index (χ0n) is 10.5. The van der Waals surface area contributed by atoms with Crippen LogP contribution in [0.4, 0.5) is 0 Å². The normalized spacial score (nSPS) is 11.3. The molecular weight excluding hydrogens is 213 g/mol. The lowest BCUT2D eigenvalue weighted by molar-refractivity contribution is -0.118. The molecule has 0 aliphatic rings. The summed E-state index contributed by atoms with van der Waals surface area (Å²) in [5, 5.41) is 36.7. The third kappa shape index (κ3) is 11.4. The summed E-state index contributed by atoms with van der Waals surface area (Å²) in [4.78, 5) is 10.0. The highest BCUT2D eigenvalue weighted by Crippen LogP contribution is 2.19. The van der Waals surface area contributed by atoms with E-state index in [0.29, 0.717) is 0 Å². The van der Waals surface area contributed by atoms with Gasteiger partial charge in [-0.15, -0.1) is 0 Å². The first-order valence-electron chi connectivity index (χ1n) is 4.93. The molecule has 6 nitrogen and oxygen atoms in total. The maximum atomic E-state index is 10.0. The maximum absolute atomic E-state index is 10.0. The van der Waals surface area contributed by atoms with Crippen LogP contribution in [-0.2, 0) is 4.79 Å². The third-order valence-electron chi connectivity index (χ3n) is 2.03. The van der Waals surface area contributed by atoms with Crippen LogP contribution < -0.4 is 5.32 Å². The van der Waals surface area contributed by atoms with Crippen LogP contribution in [0.3, 0.4) is 0 Å². The van der Waals surface area contributed by atoms with Crippen molar-refractivity contribution in [3.63, 3.8) is 0 Å². The van der Waals surface area contributed by atoms with Gasteiger partial charge >= 0.3 is 7.12 Å². The van der Waals surface area contributed by atoms with Crippen LogP contribution in [0.25, 0.3) is 0 Å². The standard InChI is InChI=1S/C6H14O2.C3H8BNO3/c1-5(2,7)6(3,4)8;1-3(6)5-2-4(7)8/h7-8H,1-4H3;7-8H,2H2,1H3,(H,5,6). The zero-order valence-corrected chi connectivity index (χ0v) is 10.5. The van der Waals surface area contributed by atoms with Crippen molar-refractivity contribution in [1.82, 2.24) is 5.32 Å². The molecule has 0 aromatic rings. The second-order valence-corrected chi connectivity index (χ2v) is 4.54. The lowest BCUT2D eigenvalue weighted by atomic mass is 9.90. The van der Waals surface area contributed by atoms with Gasteiger partial charge in [0.15, 0.2) is 0 Å². The summed E-state index contributed by atoms with van der Waals surface area (Å²) in [6.45, 7) is 7.61. The molecule has 0 radical (unpaired) electrons. The van der Waals surface area contributed by atoms with Gasteiger partial charge in [0, 0.05) is 6.92 Å². The number of hydrogen-bond donors (Lipinski definition) is 5. The SMILES string of the molecule is CC(=O)NCB(O)O.CC(C)(O)C(C)(C)O. The quantitative estimate of drug-likeness (QED) is 0.389. The van der Waals surface area contributed by atoms with Gasteiger partial charge in [-0.25, -0.2) is 0 Å². The molecule has 0 fully saturated rings. The number of carbonyl (C=O) groups is 1. The van der Waals surface area contributed by atoms with Crippen LogP contribution in [0, 0.1) is 0 Å². The summed E-state index contributed by atoms with van der Waals surface area (Å²) in [7, 11) is -1.45. The Labute approximate surface area is 96.4 Å². The molecule has 0 saturated heterocycles. The lowest BCUT2D eigenvalue weighted by Crippen LogP contribution is -2.44. The van der Waals surface area contributed by atoms with E-state index >= 15 is 0 Å². The highest BCUT2D eigenvalue weighted by molar-refractivity contribution is 6.41. The van der Waals surface area contributed by atoms with E-state index in [1.165, 1.54) is 6.92 Å². The van der Waals surface area contributed by atoms with Crippen molar-refractivity contribution >= 4 is 13.0 Å². The third-order valence-corrected chi connectivity index (χ3v) is 2.03. The number of rotatable bonds is 3. The second kappa shape index (κ2) is 6.85. The Hall–Kier alpha value is -0.625. The van der Waals surface area contributed by atoms with Gasteiger partial charge in [0.2, 0.25) is 5.91 Å². The van der Waals surface area contributed by atoms with Gasteiger partial charge in [0.25, 0.3) is 0 Å². The second-order valence-electron chi connectivity index (χ2n) is 4.54. The fourth-order valence-electron chi connectivity index (χ4n) is 0.235. The Balaban J connectivity index is 0. The van der Waals surface area contributed by atoms with Crippen LogP contribution in [-0.4, -0.2) is 50.9 Å². The molecule has 16 heavy (non-hydrogen) atoms. The van der Waals surface area contributed by atoms with Crippen LogP contribution in [0.2, 0.25) is 0 Å². The molecule has 96 valence electrons. The first-order chi connectivity index (χ1) is 6.88. The number of nitrogens with one attached hydrogen (secondary N) is 1. The fraction of sp³-hybridized carbons (Fsp3) is 0.889. The fourth-order valence-corrected chi connectivity index (χ4v) is 0.235. The monoisotopic (exact) mass is 235 g/mol. The van der Waals surface area contributed by atoms with Crippen LogP contribution in [0.15, 0.2) is 0 Å². The number of hydrogen-bond acceptors (Lipinski definition) is 5. The van der Waals surface area contributed by atoms with Crippen molar-refractivity contribution in [2.75, 3.05) is 6.44 Å². The molecule has 5 N–H and O–H groups in total. The Morgan fingerprint density at radius 3 is 1.50 bits per heavy atom. The van der Waals surface area contributed by atoms with Gasteiger partial charge in [-0.3, -0.25) is 4.79 Å². The minimum Gasteiger partial charge on any atom is -0.426 e. The van der Waals surface area contributed by atoms with E-state index in [9.17, 15) is 4.79 Å². The van der Waals surface area contributed by atoms with Gasteiger partial charge in [-0.1, -0.05) is 0 Å². The summed E-state index contributed by atoms with van der Waals surface area (Å²) in [5.41, 5.74) is -2.01. The molecule has 0 rings (SSSR count). The summed E-state index contributed by atoms with van der Waals surface area (Å²) in [5.74, 6) is -0.266. The molecular formula is C9H22BNO5. The minimum absolute atomic E-state index is 0.102. The van der Waals surface area contributed by atoms with Crippen LogP contribution in [0.1, 0.15) is 34.6 Å². The van der Waals surface area contributed by atoms with Gasteiger partial charge in [-0.05, 0) is 27.7 Å². The summed E-state index contributed by atoms with van der Waals surface area (Å²) in [6.07, 6.45) is -0.102. The molecule has 0 aliphatic heterocycles. The molecule has 0 aliphatic carbocycles. The summed E-state index contributed by atoms with van der Waals surface area (Å²) >= 11 is 0. The Morgan fingerprint density at radius 2 is 1.44 bits per heavy atom. The van der Waals surface area contributed by atoms with E-state index in [4.69, 9.17) is 20.3 Å². The summed E-state index contributed by atoms with van der Waals surface area (Å²) < 4.78 is 0. The summed E-state index contributed by atoms with van der Waals surface area (Å²) in [6, 6.07) is 0. The molecule has 0 aromatic heterocycles. The molecule has 0 spiro atoms. The Bertz CT molecular complexity index is 195. The van der Waals surface area contributed by atoms with Crippen LogP contribution >= 0.6 is 0 Å². The van der Waals surface area contributed by atoms with E-state index < -0.39 is 18.3 Å². The Morgan fingerprint density at radius 1 is 1.12 bits per heavy atom. The highest BCUT2D eigenvalue weighted by atomic mass is 16.4. The van der Waals surface area contributed by atoms with Gasteiger partial charge in [-0.2, -0.15) is 0 Å². The molecule has 0 saturated carbocycles. The molecule has 0 bridgehead atoms. The average Bonchev–Trinajstić information content (AvgIpc) is 1.98. The largest absolute Gasteiger partial charge is 0.472 e. The van der Waals surface area contributed by atoms with Gasteiger partial charge < -0.3 is 25.6 Å². The molecule has 7 heteroatoms. The van der Waals surface area contributed by atoms with Crippen molar-refractivity contribution in [2.45, 2.75) is 45.8 Å².